The molecule has 1 aliphatic heterocycles. The number of hydrogen-bond acceptors (Lipinski definition) is 11. The number of carbonyl (C=O) groups excluding carboxylic acids is 2. The summed E-state index contributed by atoms with van der Waals surface area (Å²) in [6, 6.07) is 4.19. The summed E-state index contributed by atoms with van der Waals surface area (Å²) in [7, 11) is -7.10. The van der Waals surface area contributed by atoms with Gasteiger partial charge in [-0.1, -0.05) is 12.1 Å². The van der Waals surface area contributed by atoms with Crippen LogP contribution in [-0.2, 0) is 29.0 Å². The lowest BCUT2D eigenvalue weighted by molar-refractivity contribution is -0.458. The first kappa shape index (κ1) is 49.3. The molecule has 58 heavy (non-hydrogen) atoms. The molecule has 0 aliphatic carbocycles. The topological polar surface area (TPSA) is 164 Å². The Bertz CT molecular complexity index is 1950. The molecule has 0 saturated heterocycles. The minimum absolute atomic E-state index is 0.00954. The smallest absolute Gasteiger partial charge is 0.437 e. The quantitative estimate of drug-likeness (QED) is 0.0788. The number of benzene rings is 1. The predicted octanol–water partition coefficient (Wildman–Crippen LogP) is 7.91. The molecule has 1 N–H and O–H groups in total. The number of nitrogens with one attached hydrogen (secondary N) is 1. The summed E-state index contributed by atoms with van der Waals surface area (Å²) in [6.07, 6.45) is -11.4. The average Bonchev–Trinajstić information content (AvgIpc) is 3.08. The summed E-state index contributed by atoms with van der Waals surface area (Å²) >= 11 is 0. The maximum atomic E-state index is 14.6. The van der Waals surface area contributed by atoms with E-state index in [1.165, 1.54) is 19.9 Å². The number of nitro benzene ring substituents is 1. The fourth-order valence-electron chi connectivity index (χ4n) is 4.48. The minimum Gasteiger partial charge on any atom is -0.437 e. The Labute approximate surface area is 311 Å². The molecule has 2 rings (SSSR count). The molecule has 0 saturated carbocycles. The number of carbonyl (C=O) groups is 2. The Balaban J connectivity index is 2.40. The SMILES string of the molecule is COC(=O)OC1=C(C)NC(C)=C(OC(=O)OCCN(C)S(=O)(=O)C(F)(F)C(F)(F)C(F)(F)C(F)(F)C(F)(F)C(F)(F)C(F)(F)C(F)(F)F)C1c1cccc([N+](=O)[O-])c1. The van der Waals surface area contributed by atoms with E-state index < -0.39 is 115 Å². The van der Waals surface area contributed by atoms with Crippen LogP contribution in [0.3, 0.4) is 0 Å². The highest BCUT2D eigenvalue weighted by Gasteiger charge is 2.96. The molecule has 31 heteroatoms. The fraction of sp³-hybridized carbons (Fsp3) is 0.556. The van der Waals surface area contributed by atoms with Crippen LogP contribution in [0.2, 0.25) is 0 Å². The number of dihydropyridines is 1. The molecule has 0 spiro atoms. The van der Waals surface area contributed by atoms with Gasteiger partial charge in [-0.3, -0.25) is 10.1 Å². The summed E-state index contributed by atoms with van der Waals surface area (Å²) in [5, 5.41) is 6.07. The number of nitrogens with zero attached hydrogens (tertiary/aromatic N) is 2. The molecule has 1 atom stereocenters. The third-order valence-electron chi connectivity index (χ3n) is 7.66. The average molecular weight is 904 g/mol. The van der Waals surface area contributed by atoms with Crippen molar-refractivity contribution in [3.05, 3.63) is 62.9 Å². The first-order chi connectivity index (χ1) is 25.8. The Morgan fingerprint density at radius 2 is 1.19 bits per heavy atom. The third-order valence-corrected chi connectivity index (χ3v) is 9.57. The van der Waals surface area contributed by atoms with E-state index >= 15 is 0 Å². The van der Waals surface area contributed by atoms with Gasteiger partial charge in [0.2, 0.25) is 0 Å². The van der Waals surface area contributed by atoms with Gasteiger partial charge in [0.25, 0.3) is 15.7 Å². The van der Waals surface area contributed by atoms with Crippen molar-refractivity contribution in [2.75, 3.05) is 27.3 Å². The zero-order valence-corrected chi connectivity index (χ0v) is 29.4. The first-order valence-electron chi connectivity index (χ1n) is 14.6. The molecule has 0 bridgehead atoms. The van der Waals surface area contributed by atoms with Crippen LogP contribution in [-0.4, -0.2) is 104 Å². The van der Waals surface area contributed by atoms with Gasteiger partial charge in [0, 0.05) is 25.7 Å². The van der Waals surface area contributed by atoms with Crippen LogP contribution >= 0.6 is 0 Å². The number of non-ortho nitro benzene ring substituents is 1. The Morgan fingerprint density at radius 1 is 0.759 bits per heavy atom. The summed E-state index contributed by atoms with van der Waals surface area (Å²) in [5.74, 6) is -55.4. The molecular formula is C27H22F17N3O10S. The highest BCUT2D eigenvalue weighted by atomic mass is 32.2. The van der Waals surface area contributed by atoms with Crippen LogP contribution in [0.4, 0.5) is 89.9 Å². The largest absolute Gasteiger partial charge is 0.513 e. The van der Waals surface area contributed by atoms with Crippen molar-refractivity contribution in [2.45, 2.75) is 66.7 Å². The van der Waals surface area contributed by atoms with Crippen LogP contribution in [0.5, 0.6) is 0 Å². The van der Waals surface area contributed by atoms with Crippen molar-refractivity contribution < 1.29 is 117 Å². The van der Waals surface area contributed by atoms with Crippen molar-refractivity contribution in [3.8, 4) is 0 Å². The number of allylic oxidation sites excluding steroid dienone is 2. The Hall–Kier alpha value is -4.84. The zero-order chi connectivity index (χ0) is 45.6. The number of hydrogen-bond donors (Lipinski definition) is 1. The molecule has 0 radical (unpaired) electrons. The van der Waals surface area contributed by atoms with E-state index in [1.807, 2.05) is 0 Å². The molecule has 0 fully saturated rings. The number of methoxy groups -OCH3 is 1. The van der Waals surface area contributed by atoms with E-state index in [1.54, 1.807) is 0 Å². The lowest BCUT2D eigenvalue weighted by Gasteiger charge is -2.42. The monoisotopic (exact) mass is 903 g/mol. The number of sulfonamides is 1. The van der Waals surface area contributed by atoms with Gasteiger partial charge in [-0.2, -0.15) is 78.9 Å². The van der Waals surface area contributed by atoms with Gasteiger partial charge < -0.3 is 24.3 Å². The van der Waals surface area contributed by atoms with E-state index in [0.717, 1.165) is 25.3 Å². The highest BCUT2D eigenvalue weighted by Crippen LogP contribution is 2.64. The third kappa shape index (κ3) is 7.96. The second kappa shape index (κ2) is 15.7. The first-order valence-corrected chi connectivity index (χ1v) is 16.0. The number of nitro groups is 1. The van der Waals surface area contributed by atoms with Gasteiger partial charge in [-0.25, -0.2) is 18.0 Å². The van der Waals surface area contributed by atoms with E-state index in [2.05, 4.69) is 14.8 Å². The second-order valence-corrected chi connectivity index (χ2v) is 13.5. The summed E-state index contributed by atoms with van der Waals surface area (Å²) in [6.45, 7) is -1.12. The summed E-state index contributed by atoms with van der Waals surface area (Å²) in [5.41, 5.74) is -0.894. The normalized spacial score (nSPS) is 16.9. The van der Waals surface area contributed by atoms with Gasteiger partial charge in [-0.15, -0.1) is 0 Å². The number of rotatable bonds is 15. The van der Waals surface area contributed by atoms with Crippen molar-refractivity contribution >= 4 is 28.0 Å². The van der Waals surface area contributed by atoms with E-state index in [9.17, 15) is 103 Å². The van der Waals surface area contributed by atoms with Crippen molar-refractivity contribution in [3.63, 3.8) is 0 Å². The highest BCUT2D eigenvalue weighted by molar-refractivity contribution is 7.90. The molecule has 0 amide bonds. The summed E-state index contributed by atoms with van der Waals surface area (Å²) < 4.78 is 274. The van der Waals surface area contributed by atoms with Crippen LogP contribution in [0.15, 0.2) is 47.2 Å². The second-order valence-electron chi connectivity index (χ2n) is 11.4. The molecule has 330 valence electrons. The van der Waals surface area contributed by atoms with E-state index in [4.69, 9.17) is 9.47 Å². The predicted molar refractivity (Wildman–Crippen MR) is 153 cm³/mol. The van der Waals surface area contributed by atoms with Crippen molar-refractivity contribution in [1.29, 1.82) is 0 Å². The van der Waals surface area contributed by atoms with E-state index in [-0.39, 0.29) is 24.0 Å². The molecule has 1 heterocycles. The number of halogens is 17. The molecule has 1 aliphatic rings. The van der Waals surface area contributed by atoms with Crippen LogP contribution in [0, 0.1) is 10.1 Å². The van der Waals surface area contributed by atoms with Gasteiger partial charge in [0.05, 0.1) is 23.4 Å². The molecule has 1 aromatic carbocycles. The van der Waals surface area contributed by atoms with E-state index in [0.29, 0.717) is 0 Å². The molecule has 1 unspecified atom stereocenters. The molecule has 0 aromatic heterocycles. The molecule has 13 nitrogen and oxygen atoms in total. The van der Waals surface area contributed by atoms with Gasteiger partial charge in [0.15, 0.2) is 0 Å². The van der Waals surface area contributed by atoms with Crippen molar-refractivity contribution in [1.82, 2.24) is 9.62 Å². The summed E-state index contributed by atoms with van der Waals surface area (Å²) in [4.78, 5) is 35.0. The number of ether oxygens (including phenoxy) is 4. The lowest BCUT2D eigenvalue weighted by atomic mass is 9.90. The zero-order valence-electron chi connectivity index (χ0n) is 28.6. The number of likely N-dealkylation sites (N-methyl/N-ethyl adjacent to an activating group) is 1. The van der Waals surface area contributed by atoms with Gasteiger partial charge in [-0.05, 0) is 19.4 Å². The molecular weight excluding hydrogens is 881 g/mol. The van der Waals surface area contributed by atoms with Crippen LogP contribution in [0.1, 0.15) is 25.3 Å². The van der Waals surface area contributed by atoms with Crippen molar-refractivity contribution in [2.24, 2.45) is 0 Å². The minimum atomic E-state index is -9.02. The molecule has 1 aromatic rings. The maximum absolute atomic E-state index is 14.6. The lowest BCUT2D eigenvalue weighted by Crippen LogP contribution is -2.75. The van der Waals surface area contributed by atoms with Crippen LogP contribution in [0.25, 0.3) is 0 Å². The standard InChI is InChI=1S/C27H22F17N3O10S/c1-11-16(56-18(48)54-4)15(13-6-5-7-14(10-13)47(50)51)17(12(2)45-11)57-19(49)55-9-8-46(3)58(52,53)27(43,44)25(38,39)23(34,35)21(30,31)20(28,29)22(32,33)24(36,37)26(40,41)42/h5-7,10,15,45H,8-9H2,1-4H3. The Kier molecular flexibility index (Phi) is 13.4. The Morgan fingerprint density at radius 3 is 1.62 bits per heavy atom. The number of alkyl halides is 17. The maximum Gasteiger partial charge on any atom is 0.513 e. The van der Waals surface area contributed by atoms with Gasteiger partial charge >= 0.3 is 59.3 Å². The van der Waals surface area contributed by atoms with Gasteiger partial charge in [0.1, 0.15) is 24.0 Å². The van der Waals surface area contributed by atoms with Crippen LogP contribution < -0.4 is 5.32 Å². The fourth-order valence-corrected chi connectivity index (χ4v) is 5.64.